The van der Waals surface area contributed by atoms with Crippen LogP contribution in [0.25, 0.3) is 0 Å². The van der Waals surface area contributed by atoms with Crippen molar-refractivity contribution < 1.29 is 92.2 Å². The Bertz CT molecular complexity index is 984. The first-order chi connectivity index (χ1) is 15.8. The maximum absolute atomic E-state index is 13.9. The minimum atomic E-state index is -9.18. The predicted octanol–water partition coefficient (Wildman–Crippen LogP) is 7.16. The average Bonchev–Trinajstić information content (AvgIpc) is 3.12. The van der Waals surface area contributed by atoms with Crippen LogP contribution in [0.3, 0.4) is 0 Å². The fourth-order valence-electron chi connectivity index (χ4n) is 2.37. The maximum atomic E-state index is 13.9. The number of hydrogen-bond acceptors (Lipinski definition) is 1. The van der Waals surface area contributed by atoms with Gasteiger partial charge < -0.3 is 4.57 Å². The van der Waals surface area contributed by atoms with Crippen molar-refractivity contribution in [1.29, 1.82) is 0 Å². The molecule has 0 saturated carbocycles. The van der Waals surface area contributed by atoms with Gasteiger partial charge in [0, 0.05) is 19.4 Å². The van der Waals surface area contributed by atoms with Crippen LogP contribution in [0.2, 0.25) is 0 Å². The molecule has 0 N–H and O–H groups in total. The van der Waals surface area contributed by atoms with Gasteiger partial charge in [0.2, 0.25) is 0 Å². The number of rotatable bonds is 9. The van der Waals surface area contributed by atoms with Crippen LogP contribution >= 0.6 is 0 Å². The van der Waals surface area contributed by atoms with Gasteiger partial charge in [-0.25, -0.2) is 4.98 Å². The molecule has 2 nitrogen and oxygen atoms in total. The normalized spacial score (nSPS) is 16.4. The Balaban J connectivity index is 3.83. The lowest BCUT2D eigenvalue weighted by molar-refractivity contribution is -0.475. The largest absolute Gasteiger partial charge is 0.460 e. The molecule has 1 aromatic rings. The molecule has 1 heterocycles. The van der Waals surface area contributed by atoms with Gasteiger partial charge in [-0.2, -0.15) is 92.2 Å². The van der Waals surface area contributed by atoms with Crippen LogP contribution in [0.15, 0.2) is 12.4 Å². The number of hydrogen-bond donors (Lipinski definition) is 0. The van der Waals surface area contributed by atoms with Gasteiger partial charge in [-0.15, -0.1) is 0 Å². The van der Waals surface area contributed by atoms with Gasteiger partial charge in [-0.05, 0) is 0 Å². The minimum Gasteiger partial charge on any atom is -0.333 e. The van der Waals surface area contributed by atoms with E-state index in [0.717, 1.165) is 0 Å². The second kappa shape index (κ2) is 8.12. The van der Waals surface area contributed by atoms with Crippen LogP contribution in [-0.4, -0.2) is 63.1 Å². The molecule has 0 amide bonds. The summed E-state index contributed by atoms with van der Waals surface area (Å²) in [5.41, 5.74) is 0. The van der Waals surface area contributed by atoms with E-state index < -0.39 is 65.3 Å². The Morgan fingerprint density at radius 1 is 0.459 bits per heavy atom. The highest BCUT2D eigenvalue weighted by Gasteiger charge is 2.98. The number of halogens is 21. The Morgan fingerprint density at radius 3 is 0.973 bits per heavy atom. The van der Waals surface area contributed by atoms with E-state index in [4.69, 9.17) is 0 Å². The number of aryl methyl sites for hydroxylation is 1. The molecule has 0 spiro atoms. The van der Waals surface area contributed by atoms with E-state index in [2.05, 4.69) is 4.98 Å². The second-order valence-electron chi connectivity index (χ2n) is 7.03. The van der Waals surface area contributed by atoms with Crippen molar-refractivity contribution in [2.45, 2.75) is 59.5 Å². The lowest BCUT2D eigenvalue weighted by Crippen LogP contribution is -2.76. The highest BCUT2D eigenvalue weighted by molar-refractivity contribution is 5.20. The summed E-state index contributed by atoms with van der Waals surface area (Å²) in [7, 11) is 0.273. The Hall–Kier alpha value is -2.26. The van der Waals surface area contributed by atoms with Crippen molar-refractivity contribution in [2.75, 3.05) is 0 Å². The third-order valence-corrected chi connectivity index (χ3v) is 4.61. The zero-order valence-electron chi connectivity index (χ0n) is 16.5. The zero-order chi connectivity index (χ0) is 30.3. The van der Waals surface area contributed by atoms with Gasteiger partial charge >= 0.3 is 59.5 Å². The fourth-order valence-corrected chi connectivity index (χ4v) is 2.37. The van der Waals surface area contributed by atoms with Crippen LogP contribution in [0.4, 0.5) is 92.2 Å². The summed E-state index contributed by atoms with van der Waals surface area (Å²) < 4.78 is 278. The quantitative estimate of drug-likeness (QED) is 0.276. The van der Waals surface area contributed by atoms with Gasteiger partial charge in [0.05, 0.1) is 0 Å². The van der Waals surface area contributed by atoms with E-state index in [1.54, 1.807) is 0 Å². The number of nitrogens with zero attached hydrogens (tertiary/aromatic N) is 2. The highest BCUT2D eigenvalue weighted by Crippen LogP contribution is 2.66. The van der Waals surface area contributed by atoms with E-state index in [9.17, 15) is 92.2 Å². The SMILES string of the molecule is Cn1ccnc1C(F)(F)C(F)(F)C(F)(F)C(F)(F)C(F)(F)C(F)(F)C(F)(F)C(F)(F)C(F)(F)C(F)(F)F. The van der Waals surface area contributed by atoms with Gasteiger partial charge in [0.1, 0.15) is 0 Å². The summed E-state index contributed by atoms with van der Waals surface area (Å²) in [5, 5.41) is 0. The van der Waals surface area contributed by atoms with E-state index in [1.165, 1.54) is 0 Å². The van der Waals surface area contributed by atoms with E-state index >= 15 is 0 Å². The van der Waals surface area contributed by atoms with E-state index in [-0.39, 0.29) is 24.0 Å². The molecular formula is C14H5F21N2. The molecule has 0 saturated heterocycles. The van der Waals surface area contributed by atoms with Crippen molar-refractivity contribution in [2.24, 2.45) is 7.05 Å². The molecule has 0 unspecified atom stereocenters. The molecule has 23 heteroatoms. The molecule has 0 atom stereocenters. The summed E-state index contributed by atoms with van der Waals surface area (Å²) in [4.78, 5) is 2.29. The Labute approximate surface area is 188 Å². The standard InChI is InChI=1S/C14H5F21N2/c1-37-3-2-36-4(37)5(15,16)6(17,18)7(19,20)8(21,22)9(23,24)10(25,26)11(27,28)12(29,30)13(31,32)14(33,34)35/h2-3H,1H3. The summed E-state index contributed by atoms with van der Waals surface area (Å²) in [6.07, 6.45) is -7.70. The third-order valence-electron chi connectivity index (χ3n) is 4.61. The first-order valence-corrected chi connectivity index (χ1v) is 8.21. The summed E-state index contributed by atoms with van der Waals surface area (Å²) >= 11 is 0. The minimum absolute atomic E-state index is 0.0851. The average molecular weight is 600 g/mol. The van der Waals surface area contributed by atoms with Crippen LogP contribution in [0.1, 0.15) is 5.82 Å². The molecule has 0 aromatic carbocycles. The summed E-state index contributed by atoms with van der Waals surface area (Å²) in [6, 6.07) is 0. The topological polar surface area (TPSA) is 17.8 Å². The molecule has 218 valence electrons. The monoisotopic (exact) mass is 600 g/mol. The van der Waals surface area contributed by atoms with Gasteiger partial charge in [0.15, 0.2) is 5.82 Å². The first kappa shape index (κ1) is 32.8. The fraction of sp³-hybridized carbons (Fsp3) is 0.786. The predicted molar refractivity (Wildman–Crippen MR) is 72.7 cm³/mol. The molecule has 0 aliphatic carbocycles. The van der Waals surface area contributed by atoms with Crippen molar-refractivity contribution in [3.05, 3.63) is 18.2 Å². The molecule has 0 bridgehead atoms. The van der Waals surface area contributed by atoms with Crippen LogP contribution < -0.4 is 0 Å². The first-order valence-electron chi connectivity index (χ1n) is 8.21. The summed E-state index contributed by atoms with van der Waals surface area (Å²) in [6.45, 7) is 0. The third kappa shape index (κ3) is 3.79. The molecule has 1 rings (SSSR count). The molecule has 0 aliphatic heterocycles. The smallest absolute Gasteiger partial charge is 0.333 e. The second-order valence-corrected chi connectivity index (χ2v) is 7.03. The molecule has 1 aromatic heterocycles. The van der Waals surface area contributed by atoms with Crippen molar-refractivity contribution in [3.8, 4) is 0 Å². The molecular weight excluding hydrogens is 595 g/mol. The number of imidazole rings is 1. The zero-order valence-corrected chi connectivity index (χ0v) is 16.5. The van der Waals surface area contributed by atoms with Crippen LogP contribution in [0, 0.1) is 0 Å². The number of alkyl halides is 21. The van der Waals surface area contributed by atoms with E-state index in [1.807, 2.05) is 0 Å². The molecule has 37 heavy (non-hydrogen) atoms. The van der Waals surface area contributed by atoms with Crippen molar-refractivity contribution in [3.63, 3.8) is 0 Å². The van der Waals surface area contributed by atoms with E-state index in [0.29, 0.717) is 0 Å². The highest BCUT2D eigenvalue weighted by atomic mass is 19.4. The number of aromatic nitrogens is 2. The lowest BCUT2D eigenvalue weighted by Gasteiger charge is -2.44. The van der Waals surface area contributed by atoms with Gasteiger partial charge in [0.25, 0.3) is 0 Å². The van der Waals surface area contributed by atoms with Crippen molar-refractivity contribution >= 4 is 0 Å². The molecule has 0 fully saturated rings. The Kier molecular flexibility index (Phi) is 7.19. The van der Waals surface area contributed by atoms with Crippen LogP contribution in [0.5, 0.6) is 0 Å². The molecule has 0 aliphatic rings. The van der Waals surface area contributed by atoms with Gasteiger partial charge in [-0.3, -0.25) is 0 Å². The molecule has 0 radical (unpaired) electrons. The lowest BCUT2D eigenvalue weighted by atomic mass is 9.86. The maximum Gasteiger partial charge on any atom is 0.460 e. The Morgan fingerprint density at radius 2 is 0.730 bits per heavy atom. The van der Waals surface area contributed by atoms with Crippen LogP contribution in [-0.2, 0) is 13.0 Å². The summed E-state index contributed by atoms with van der Waals surface area (Å²) in [5.74, 6) is -79.9. The van der Waals surface area contributed by atoms with Gasteiger partial charge in [-0.1, -0.05) is 0 Å². The van der Waals surface area contributed by atoms with Crippen molar-refractivity contribution in [1.82, 2.24) is 9.55 Å².